The van der Waals surface area contributed by atoms with E-state index in [9.17, 15) is 4.79 Å². The molecule has 1 aliphatic carbocycles. The van der Waals surface area contributed by atoms with Crippen molar-refractivity contribution in [3.05, 3.63) is 12.1 Å². The van der Waals surface area contributed by atoms with Crippen LogP contribution < -0.4 is 14.8 Å². The number of rotatable bonds is 10. The monoisotopic (exact) mass is 432 g/mol. The van der Waals surface area contributed by atoms with Crippen molar-refractivity contribution in [1.29, 1.82) is 5.26 Å². The highest BCUT2D eigenvalue weighted by Gasteiger charge is 2.31. The fraction of sp³-hybridized carbons (Fsp3) is 0.619. The molecule has 0 radical (unpaired) electrons. The molecule has 0 unspecified atom stereocenters. The number of hydrogen-bond donors (Lipinski definition) is 1. The van der Waals surface area contributed by atoms with Gasteiger partial charge in [0.15, 0.2) is 4.83 Å². The zero-order chi connectivity index (χ0) is 21.7. The lowest BCUT2D eigenvalue weighted by Crippen LogP contribution is -2.40. The van der Waals surface area contributed by atoms with Gasteiger partial charge in [0.25, 0.3) is 5.19 Å². The molecule has 0 aromatic carbocycles. The van der Waals surface area contributed by atoms with Gasteiger partial charge in [-0.3, -0.25) is 4.79 Å². The smallest absolute Gasteiger partial charge is 0.275 e. The molecule has 1 fully saturated rings. The maximum Gasteiger partial charge on any atom is 0.275 e. The molecule has 1 amide bonds. The van der Waals surface area contributed by atoms with Gasteiger partial charge in [-0.1, -0.05) is 11.3 Å². The second-order valence-electron chi connectivity index (χ2n) is 8.44. The third-order valence-electron chi connectivity index (χ3n) is 4.76. The normalized spacial score (nSPS) is 19.6. The zero-order valence-electron chi connectivity index (χ0n) is 17.8. The maximum absolute atomic E-state index is 11.0. The van der Waals surface area contributed by atoms with E-state index >= 15 is 0 Å². The maximum atomic E-state index is 11.0. The number of carbonyl (C=O) groups excluding carboxylic acids is 1. The molecule has 0 bridgehead atoms. The summed E-state index contributed by atoms with van der Waals surface area (Å²) in [5, 5.41) is 12.4. The number of thiazole rings is 1. The van der Waals surface area contributed by atoms with Gasteiger partial charge in [0.05, 0.1) is 30.8 Å². The molecule has 2 heterocycles. The number of amides is 1. The van der Waals surface area contributed by atoms with Crippen molar-refractivity contribution in [3.63, 3.8) is 0 Å². The van der Waals surface area contributed by atoms with Crippen LogP contribution in [0.1, 0.15) is 40.5 Å². The zero-order valence-corrected chi connectivity index (χ0v) is 18.6. The first-order valence-corrected chi connectivity index (χ1v) is 10.9. The summed E-state index contributed by atoms with van der Waals surface area (Å²) in [4.78, 5) is 20.7. The number of fused-ring (bicyclic) bond motifs is 1. The SMILES string of the molecule is CC(=O)N[C@@H](C)CO[C@H]1C[C@H](COc2ccc3nc(OCC(C)(C)C#N)sc3n2)C1. The Hall–Kier alpha value is -2.44. The van der Waals surface area contributed by atoms with Crippen LogP contribution in [0.5, 0.6) is 11.1 Å². The fourth-order valence-electron chi connectivity index (χ4n) is 3.02. The van der Waals surface area contributed by atoms with E-state index in [0.29, 0.717) is 30.2 Å². The minimum atomic E-state index is -0.564. The summed E-state index contributed by atoms with van der Waals surface area (Å²) in [5.74, 6) is 0.969. The highest BCUT2D eigenvalue weighted by atomic mass is 32.1. The summed E-state index contributed by atoms with van der Waals surface area (Å²) >= 11 is 1.35. The summed E-state index contributed by atoms with van der Waals surface area (Å²) in [6, 6.07) is 5.91. The second-order valence-corrected chi connectivity index (χ2v) is 9.38. The van der Waals surface area contributed by atoms with Crippen molar-refractivity contribution in [2.24, 2.45) is 11.3 Å². The summed E-state index contributed by atoms with van der Waals surface area (Å²) in [6.45, 7) is 8.49. The minimum Gasteiger partial charge on any atom is -0.477 e. The van der Waals surface area contributed by atoms with E-state index < -0.39 is 5.41 Å². The molecule has 1 saturated carbocycles. The molecule has 0 spiro atoms. The van der Waals surface area contributed by atoms with Crippen molar-refractivity contribution in [1.82, 2.24) is 15.3 Å². The lowest BCUT2D eigenvalue weighted by atomic mass is 9.83. The molecular weight excluding hydrogens is 404 g/mol. The van der Waals surface area contributed by atoms with Gasteiger partial charge in [-0.25, -0.2) is 9.97 Å². The van der Waals surface area contributed by atoms with Crippen LogP contribution in [0.25, 0.3) is 10.3 Å². The lowest BCUT2D eigenvalue weighted by molar-refractivity contribution is -0.120. The average Bonchev–Trinajstić information content (AvgIpc) is 3.06. The van der Waals surface area contributed by atoms with Gasteiger partial charge < -0.3 is 19.5 Å². The quantitative estimate of drug-likeness (QED) is 0.614. The Morgan fingerprint density at radius 3 is 2.83 bits per heavy atom. The van der Waals surface area contributed by atoms with Crippen molar-refractivity contribution < 1.29 is 19.0 Å². The number of carbonyl (C=O) groups is 1. The summed E-state index contributed by atoms with van der Waals surface area (Å²) in [5.41, 5.74) is 0.189. The molecule has 2 aromatic heterocycles. The molecule has 3 rings (SSSR count). The van der Waals surface area contributed by atoms with Gasteiger partial charge >= 0.3 is 0 Å². The van der Waals surface area contributed by atoms with Crippen LogP contribution in [0.4, 0.5) is 0 Å². The number of nitrogens with one attached hydrogen (secondary N) is 1. The van der Waals surface area contributed by atoms with E-state index in [-0.39, 0.29) is 24.7 Å². The first-order chi connectivity index (χ1) is 14.2. The highest BCUT2D eigenvalue weighted by molar-refractivity contribution is 7.19. The van der Waals surface area contributed by atoms with Crippen molar-refractivity contribution in [2.45, 2.75) is 52.7 Å². The molecule has 1 atom stereocenters. The Kier molecular flexibility index (Phi) is 7.10. The van der Waals surface area contributed by atoms with Crippen LogP contribution in [0.2, 0.25) is 0 Å². The Morgan fingerprint density at radius 2 is 2.13 bits per heavy atom. The molecular formula is C21H28N4O4S. The van der Waals surface area contributed by atoms with Crippen LogP contribution >= 0.6 is 11.3 Å². The van der Waals surface area contributed by atoms with Crippen LogP contribution in [-0.4, -0.2) is 47.8 Å². The van der Waals surface area contributed by atoms with Gasteiger partial charge in [0.2, 0.25) is 11.8 Å². The fourth-order valence-corrected chi connectivity index (χ4v) is 3.80. The van der Waals surface area contributed by atoms with Gasteiger partial charge in [-0.2, -0.15) is 5.26 Å². The molecule has 0 saturated heterocycles. The Labute approximate surface area is 180 Å². The van der Waals surface area contributed by atoms with Crippen LogP contribution in [0.3, 0.4) is 0 Å². The number of pyridine rings is 1. The van der Waals surface area contributed by atoms with Crippen LogP contribution in [0.15, 0.2) is 12.1 Å². The number of nitriles is 1. The summed E-state index contributed by atoms with van der Waals surface area (Å²) < 4.78 is 17.3. The van der Waals surface area contributed by atoms with E-state index in [0.717, 1.165) is 23.2 Å². The third-order valence-corrected chi connectivity index (χ3v) is 5.64. The molecule has 0 aliphatic heterocycles. The minimum absolute atomic E-state index is 0.0213. The Morgan fingerprint density at radius 1 is 1.37 bits per heavy atom. The van der Waals surface area contributed by atoms with Crippen LogP contribution in [0, 0.1) is 22.7 Å². The first kappa shape index (κ1) is 22.2. The van der Waals surface area contributed by atoms with E-state index in [1.165, 1.54) is 18.3 Å². The van der Waals surface area contributed by atoms with Crippen molar-refractivity contribution >= 4 is 27.6 Å². The molecule has 2 aromatic rings. The predicted octanol–water partition coefficient (Wildman–Crippen LogP) is 3.32. The van der Waals surface area contributed by atoms with E-state index in [2.05, 4.69) is 21.4 Å². The third kappa shape index (κ3) is 6.28. The predicted molar refractivity (Wildman–Crippen MR) is 114 cm³/mol. The van der Waals surface area contributed by atoms with E-state index in [1.54, 1.807) is 0 Å². The first-order valence-electron chi connectivity index (χ1n) is 10.1. The van der Waals surface area contributed by atoms with Gasteiger partial charge in [-0.05, 0) is 45.6 Å². The van der Waals surface area contributed by atoms with Crippen LogP contribution in [-0.2, 0) is 9.53 Å². The molecule has 162 valence electrons. The largest absolute Gasteiger partial charge is 0.477 e. The second kappa shape index (κ2) is 9.58. The average molecular weight is 433 g/mol. The summed E-state index contributed by atoms with van der Waals surface area (Å²) in [7, 11) is 0. The molecule has 1 N–H and O–H groups in total. The van der Waals surface area contributed by atoms with Gasteiger partial charge in [0.1, 0.15) is 12.1 Å². The number of hydrogen-bond acceptors (Lipinski definition) is 8. The summed E-state index contributed by atoms with van der Waals surface area (Å²) in [6.07, 6.45) is 2.12. The number of ether oxygens (including phenoxy) is 3. The van der Waals surface area contributed by atoms with Crippen molar-refractivity contribution in [3.8, 4) is 17.1 Å². The lowest BCUT2D eigenvalue weighted by Gasteiger charge is -2.35. The number of aromatic nitrogens is 2. The van der Waals surface area contributed by atoms with Crippen molar-refractivity contribution in [2.75, 3.05) is 19.8 Å². The molecule has 1 aliphatic rings. The molecule has 9 heteroatoms. The topological polar surface area (TPSA) is 106 Å². The standard InChI is InChI=1S/C21H28N4O4S/c1-13(23-14(2)26)9-27-16-7-15(8-16)10-28-18-6-5-17-19(25-18)30-20(24-17)29-12-21(3,4)11-22/h5-6,13,15-16H,7-10,12H2,1-4H3,(H,23,26)/t13-,15-,16-/m0/s1. The number of nitrogens with zero attached hydrogens (tertiary/aromatic N) is 3. The highest BCUT2D eigenvalue weighted by Crippen LogP contribution is 2.32. The molecule has 30 heavy (non-hydrogen) atoms. The van der Waals surface area contributed by atoms with E-state index in [1.807, 2.05) is 32.9 Å². The Bertz CT molecular complexity index is 917. The van der Waals surface area contributed by atoms with Gasteiger partial charge in [0, 0.05) is 19.0 Å². The Balaban J connectivity index is 1.42. The molecule has 8 nitrogen and oxygen atoms in total. The van der Waals surface area contributed by atoms with Gasteiger partial charge in [-0.15, -0.1) is 0 Å². The van der Waals surface area contributed by atoms with E-state index in [4.69, 9.17) is 19.5 Å².